The van der Waals surface area contributed by atoms with Gasteiger partial charge in [0.1, 0.15) is 11.3 Å². The molecule has 0 bridgehead atoms. The fourth-order valence-electron chi connectivity index (χ4n) is 3.21. The van der Waals surface area contributed by atoms with E-state index in [9.17, 15) is 14.4 Å². The topological polar surface area (TPSA) is 84.9 Å². The molecule has 7 nitrogen and oxygen atoms in total. The number of carbonyl (C=O) groups is 3. The van der Waals surface area contributed by atoms with E-state index in [1.807, 2.05) is 24.3 Å². The molecule has 0 aromatic heterocycles. The monoisotopic (exact) mass is 428 g/mol. The summed E-state index contributed by atoms with van der Waals surface area (Å²) >= 11 is 1.73. The van der Waals surface area contributed by atoms with Crippen LogP contribution in [0.15, 0.2) is 47.4 Å². The number of carbonyl (C=O) groups excluding carboxylic acids is 3. The van der Waals surface area contributed by atoms with E-state index >= 15 is 0 Å². The van der Waals surface area contributed by atoms with Crippen molar-refractivity contribution >= 4 is 35.2 Å². The molecular weight excluding hydrogens is 404 g/mol. The molecule has 8 heteroatoms. The lowest BCUT2D eigenvalue weighted by Crippen LogP contribution is -2.36. The van der Waals surface area contributed by atoms with E-state index in [4.69, 9.17) is 9.47 Å². The van der Waals surface area contributed by atoms with Crippen LogP contribution in [-0.4, -0.2) is 44.3 Å². The molecule has 2 amide bonds. The smallest absolute Gasteiger partial charge is 0.341 e. The van der Waals surface area contributed by atoms with Gasteiger partial charge in [0.15, 0.2) is 0 Å². The normalized spacial score (nSPS) is 12.7. The van der Waals surface area contributed by atoms with Gasteiger partial charge < -0.3 is 19.7 Å². The predicted octanol–water partition coefficient (Wildman–Crippen LogP) is 3.02. The molecule has 0 aliphatic carbocycles. The Kier molecular flexibility index (Phi) is 7.35. The number of fused-ring (bicyclic) bond motifs is 1. The van der Waals surface area contributed by atoms with Gasteiger partial charge in [-0.05, 0) is 29.8 Å². The highest BCUT2D eigenvalue weighted by Gasteiger charge is 2.23. The molecule has 1 aliphatic rings. The summed E-state index contributed by atoms with van der Waals surface area (Å²) in [6.07, 6.45) is 0.242. The number of ether oxygens (including phenoxy) is 2. The lowest BCUT2D eigenvalue weighted by atomic mass is 10.1. The first-order valence-electron chi connectivity index (χ1n) is 9.57. The second-order valence-electron chi connectivity index (χ2n) is 6.66. The van der Waals surface area contributed by atoms with Crippen molar-refractivity contribution in [1.29, 1.82) is 0 Å². The maximum Gasteiger partial charge on any atom is 0.341 e. The molecule has 0 spiro atoms. The minimum atomic E-state index is -0.509. The Bertz CT molecular complexity index is 947. The quantitative estimate of drug-likeness (QED) is 0.683. The zero-order valence-electron chi connectivity index (χ0n) is 17.0. The molecule has 0 saturated heterocycles. The standard InChI is InChI=1S/C22H24N2O5S/c1-28-18-8-7-15(13-16(18)22(27)29-2)14-23-20(25)9-10-21(26)24-11-12-30-19-6-4-3-5-17(19)24/h3-8,13H,9-12,14H2,1-2H3,(H,23,25). The molecule has 1 N–H and O–H groups in total. The van der Waals surface area contributed by atoms with Gasteiger partial charge in [-0.2, -0.15) is 0 Å². The van der Waals surface area contributed by atoms with Gasteiger partial charge in [-0.1, -0.05) is 18.2 Å². The van der Waals surface area contributed by atoms with Crippen LogP contribution in [-0.2, 0) is 20.9 Å². The molecule has 158 valence electrons. The van der Waals surface area contributed by atoms with Crippen LogP contribution in [0.3, 0.4) is 0 Å². The number of rotatable bonds is 7. The second-order valence-corrected chi connectivity index (χ2v) is 7.80. The van der Waals surface area contributed by atoms with Gasteiger partial charge >= 0.3 is 5.97 Å². The fraction of sp³-hybridized carbons (Fsp3) is 0.318. The summed E-state index contributed by atoms with van der Waals surface area (Å²) in [6, 6.07) is 12.8. The van der Waals surface area contributed by atoms with Gasteiger partial charge in [0.05, 0.1) is 19.9 Å². The van der Waals surface area contributed by atoms with Crippen molar-refractivity contribution in [2.75, 3.05) is 31.4 Å². The Morgan fingerprint density at radius 1 is 1.10 bits per heavy atom. The first-order chi connectivity index (χ1) is 14.5. The van der Waals surface area contributed by atoms with E-state index < -0.39 is 5.97 Å². The predicted molar refractivity (Wildman–Crippen MR) is 115 cm³/mol. The third-order valence-corrected chi connectivity index (χ3v) is 5.80. The van der Waals surface area contributed by atoms with Crippen LogP contribution in [0.4, 0.5) is 5.69 Å². The van der Waals surface area contributed by atoms with Crippen molar-refractivity contribution in [3.63, 3.8) is 0 Å². The SMILES string of the molecule is COC(=O)c1cc(CNC(=O)CCC(=O)N2CCSc3ccccc32)ccc1OC. The Morgan fingerprint density at radius 2 is 1.90 bits per heavy atom. The Morgan fingerprint density at radius 3 is 2.67 bits per heavy atom. The highest BCUT2D eigenvalue weighted by molar-refractivity contribution is 7.99. The second kappa shape index (κ2) is 10.2. The van der Waals surface area contributed by atoms with E-state index in [1.54, 1.807) is 34.9 Å². The molecule has 0 saturated carbocycles. The number of anilines is 1. The number of nitrogens with zero attached hydrogens (tertiary/aromatic N) is 1. The zero-order chi connectivity index (χ0) is 21.5. The van der Waals surface area contributed by atoms with Crippen LogP contribution in [0.5, 0.6) is 5.75 Å². The fourth-order valence-corrected chi connectivity index (χ4v) is 4.20. The summed E-state index contributed by atoms with van der Waals surface area (Å²) in [5.41, 5.74) is 1.94. The number of esters is 1. The number of thioether (sulfide) groups is 1. The van der Waals surface area contributed by atoms with Crippen LogP contribution in [0.1, 0.15) is 28.8 Å². The molecule has 3 rings (SSSR count). The highest BCUT2D eigenvalue weighted by Crippen LogP contribution is 2.34. The lowest BCUT2D eigenvalue weighted by Gasteiger charge is -2.29. The van der Waals surface area contributed by atoms with Crippen molar-refractivity contribution in [2.45, 2.75) is 24.3 Å². The molecule has 0 unspecified atom stereocenters. The minimum absolute atomic E-state index is 0.0599. The Labute approximate surface area is 179 Å². The average Bonchev–Trinajstić information content (AvgIpc) is 2.80. The molecule has 0 atom stereocenters. The summed E-state index contributed by atoms with van der Waals surface area (Å²) < 4.78 is 9.92. The van der Waals surface area contributed by atoms with Crippen LogP contribution >= 0.6 is 11.8 Å². The highest BCUT2D eigenvalue weighted by atomic mass is 32.2. The maximum atomic E-state index is 12.6. The third-order valence-electron chi connectivity index (χ3n) is 4.75. The number of methoxy groups -OCH3 is 2. The Balaban J connectivity index is 1.53. The number of amides is 2. The van der Waals surface area contributed by atoms with Gasteiger partial charge in [0.2, 0.25) is 11.8 Å². The molecule has 0 fully saturated rings. The maximum absolute atomic E-state index is 12.6. The van der Waals surface area contributed by atoms with E-state index in [2.05, 4.69) is 5.32 Å². The van der Waals surface area contributed by atoms with Crippen molar-refractivity contribution < 1.29 is 23.9 Å². The molecule has 1 aliphatic heterocycles. The molecule has 1 heterocycles. The van der Waals surface area contributed by atoms with Gasteiger partial charge in [0.25, 0.3) is 0 Å². The minimum Gasteiger partial charge on any atom is -0.496 e. The summed E-state index contributed by atoms with van der Waals surface area (Å²) in [7, 11) is 2.77. The van der Waals surface area contributed by atoms with E-state index in [-0.39, 0.29) is 31.2 Å². The van der Waals surface area contributed by atoms with Crippen LogP contribution in [0.2, 0.25) is 0 Å². The number of hydrogen-bond acceptors (Lipinski definition) is 6. The first-order valence-corrected chi connectivity index (χ1v) is 10.6. The summed E-state index contributed by atoms with van der Waals surface area (Å²) in [5, 5.41) is 2.79. The van der Waals surface area contributed by atoms with Crippen molar-refractivity contribution in [1.82, 2.24) is 5.32 Å². The van der Waals surface area contributed by atoms with Crippen LogP contribution < -0.4 is 15.0 Å². The molecule has 2 aromatic rings. The largest absolute Gasteiger partial charge is 0.496 e. The van der Waals surface area contributed by atoms with E-state index in [0.717, 1.165) is 21.9 Å². The molecular formula is C22H24N2O5S. The number of benzene rings is 2. The van der Waals surface area contributed by atoms with E-state index in [1.165, 1.54) is 14.2 Å². The van der Waals surface area contributed by atoms with Gasteiger partial charge in [-0.25, -0.2) is 4.79 Å². The van der Waals surface area contributed by atoms with Crippen molar-refractivity contribution in [2.24, 2.45) is 0 Å². The summed E-state index contributed by atoms with van der Waals surface area (Å²) in [5.74, 6) is 0.455. The average molecular weight is 429 g/mol. The van der Waals surface area contributed by atoms with Gasteiger partial charge in [-0.3, -0.25) is 9.59 Å². The molecule has 0 radical (unpaired) electrons. The number of nitrogens with one attached hydrogen (secondary N) is 1. The summed E-state index contributed by atoms with van der Waals surface area (Å²) in [4.78, 5) is 39.6. The number of para-hydroxylation sites is 1. The van der Waals surface area contributed by atoms with Gasteiger partial charge in [-0.15, -0.1) is 11.8 Å². The molecule has 30 heavy (non-hydrogen) atoms. The third kappa shape index (κ3) is 5.13. The Hall–Kier alpha value is -3.00. The van der Waals surface area contributed by atoms with Crippen molar-refractivity contribution in [3.05, 3.63) is 53.6 Å². The lowest BCUT2D eigenvalue weighted by molar-refractivity contribution is -0.125. The molecule has 2 aromatic carbocycles. The van der Waals surface area contributed by atoms with Crippen LogP contribution in [0, 0.1) is 0 Å². The van der Waals surface area contributed by atoms with Crippen molar-refractivity contribution in [3.8, 4) is 5.75 Å². The summed E-state index contributed by atoms with van der Waals surface area (Å²) in [6.45, 7) is 0.883. The zero-order valence-corrected chi connectivity index (χ0v) is 17.8. The number of hydrogen-bond donors (Lipinski definition) is 1. The van der Waals surface area contributed by atoms with Gasteiger partial charge in [0, 0.05) is 36.6 Å². The van der Waals surface area contributed by atoms with Crippen LogP contribution in [0.25, 0.3) is 0 Å². The first kappa shape index (κ1) is 21.7. The van der Waals surface area contributed by atoms with E-state index in [0.29, 0.717) is 17.9 Å².